The third-order valence-corrected chi connectivity index (χ3v) is 2.30. The standard InChI is InChI=1S/C9H10BrF2N/c1-9(11,12)8(13)6-2-4-7(10)5-3-6/h2-5,8H,13H2,1H3. The number of alkyl halides is 2. The number of rotatable bonds is 2. The van der Waals surface area contributed by atoms with Crippen LogP contribution in [0.1, 0.15) is 18.5 Å². The Labute approximate surface area is 84.1 Å². The van der Waals surface area contributed by atoms with Crippen molar-refractivity contribution in [3.8, 4) is 0 Å². The van der Waals surface area contributed by atoms with Gasteiger partial charge in [-0.3, -0.25) is 0 Å². The zero-order valence-corrected chi connectivity index (χ0v) is 8.68. The van der Waals surface area contributed by atoms with E-state index in [4.69, 9.17) is 5.73 Å². The van der Waals surface area contributed by atoms with Gasteiger partial charge in [0.1, 0.15) is 0 Å². The fraction of sp³-hybridized carbons (Fsp3) is 0.333. The maximum absolute atomic E-state index is 12.8. The van der Waals surface area contributed by atoms with Crippen LogP contribution in [-0.2, 0) is 0 Å². The lowest BCUT2D eigenvalue weighted by Gasteiger charge is -2.19. The smallest absolute Gasteiger partial charge is 0.264 e. The Morgan fingerprint density at radius 1 is 1.31 bits per heavy atom. The zero-order valence-electron chi connectivity index (χ0n) is 7.10. The average Bonchev–Trinajstić information content (AvgIpc) is 2.03. The van der Waals surface area contributed by atoms with Crippen molar-refractivity contribution in [1.82, 2.24) is 0 Å². The van der Waals surface area contributed by atoms with E-state index in [0.717, 1.165) is 11.4 Å². The molecule has 0 aromatic heterocycles. The molecule has 1 aromatic carbocycles. The summed E-state index contributed by atoms with van der Waals surface area (Å²) in [5.41, 5.74) is 5.80. The molecule has 0 aliphatic carbocycles. The molecular weight excluding hydrogens is 240 g/mol. The van der Waals surface area contributed by atoms with Gasteiger partial charge in [0.15, 0.2) is 0 Å². The van der Waals surface area contributed by atoms with Crippen molar-refractivity contribution >= 4 is 15.9 Å². The quantitative estimate of drug-likeness (QED) is 0.857. The lowest BCUT2D eigenvalue weighted by atomic mass is 10.0. The van der Waals surface area contributed by atoms with Gasteiger partial charge in [0, 0.05) is 11.4 Å². The Hall–Kier alpha value is -0.480. The Morgan fingerprint density at radius 3 is 2.15 bits per heavy atom. The fourth-order valence-electron chi connectivity index (χ4n) is 0.963. The first-order valence-corrected chi connectivity index (χ1v) is 4.59. The minimum atomic E-state index is -2.88. The third-order valence-electron chi connectivity index (χ3n) is 1.78. The molecule has 4 heteroatoms. The van der Waals surface area contributed by atoms with Gasteiger partial charge in [0.25, 0.3) is 5.92 Å². The molecule has 0 aliphatic heterocycles. The summed E-state index contributed by atoms with van der Waals surface area (Å²) in [4.78, 5) is 0. The van der Waals surface area contributed by atoms with Crippen LogP contribution in [0.3, 0.4) is 0 Å². The minimum absolute atomic E-state index is 0.440. The lowest BCUT2D eigenvalue weighted by Crippen LogP contribution is -2.29. The Kier molecular flexibility index (Phi) is 3.03. The van der Waals surface area contributed by atoms with Gasteiger partial charge in [0.05, 0.1) is 6.04 Å². The predicted octanol–water partition coefficient (Wildman–Crippen LogP) is 3.10. The summed E-state index contributed by atoms with van der Waals surface area (Å²) in [5.74, 6) is -2.88. The molecule has 1 aromatic rings. The summed E-state index contributed by atoms with van der Waals surface area (Å²) in [6, 6.07) is 5.33. The molecule has 1 nitrogen and oxygen atoms in total. The highest BCUT2D eigenvalue weighted by molar-refractivity contribution is 9.10. The number of nitrogens with two attached hydrogens (primary N) is 1. The van der Waals surface area contributed by atoms with Gasteiger partial charge in [-0.2, -0.15) is 0 Å². The molecule has 1 unspecified atom stereocenters. The maximum Gasteiger partial charge on any atom is 0.264 e. The molecule has 1 rings (SSSR count). The Balaban J connectivity index is 2.90. The molecule has 0 spiro atoms. The Bertz CT molecular complexity index is 279. The number of hydrogen-bond donors (Lipinski definition) is 1. The number of halogens is 3. The van der Waals surface area contributed by atoms with Crippen LogP contribution in [0.15, 0.2) is 28.7 Å². The monoisotopic (exact) mass is 249 g/mol. The van der Waals surface area contributed by atoms with Crippen molar-refractivity contribution in [2.45, 2.75) is 18.9 Å². The number of benzene rings is 1. The van der Waals surface area contributed by atoms with Gasteiger partial charge in [0.2, 0.25) is 0 Å². The summed E-state index contributed by atoms with van der Waals surface area (Å²) >= 11 is 3.22. The summed E-state index contributed by atoms with van der Waals surface area (Å²) < 4.78 is 26.4. The van der Waals surface area contributed by atoms with Gasteiger partial charge in [-0.25, -0.2) is 8.78 Å². The largest absolute Gasteiger partial charge is 0.319 e. The molecule has 2 N–H and O–H groups in total. The van der Waals surface area contributed by atoms with Gasteiger partial charge < -0.3 is 5.73 Å². The van der Waals surface area contributed by atoms with E-state index >= 15 is 0 Å². The van der Waals surface area contributed by atoms with E-state index in [1.54, 1.807) is 24.3 Å². The van der Waals surface area contributed by atoms with Crippen molar-refractivity contribution < 1.29 is 8.78 Å². The maximum atomic E-state index is 12.8. The molecule has 1 atom stereocenters. The van der Waals surface area contributed by atoms with Crippen molar-refractivity contribution in [3.05, 3.63) is 34.3 Å². The summed E-state index contributed by atoms with van der Waals surface area (Å²) in [6.45, 7) is 0.819. The van der Waals surface area contributed by atoms with Crippen LogP contribution in [0.25, 0.3) is 0 Å². The molecule has 0 heterocycles. The van der Waals surface area contributed by atoms with Crippen LogP contribution in [0.5, 0.6) is 0 Å². The van der Waals surface area contributed by atoms with Crippen LogP contribution < -0.4 is 5.73 Å². The molecule has 0 saturated heterocycles. The highest BCUT2D eigenvalue weighted by Gasteiger charge is 2.31. The molecule has 0 radical (unpaired) electrons. The second-order valence-corrected chi connectivity index (χ2v) is 3.90. The first-order valence-electron chi connectivity index (χ1n) is 3.80. The van der Waals surface area contributed by atoms with Crippen LogP contribution in [0.2, 0.25) is 0 Å². The predicted molar refractivity (Wildman–Crippen MR) is 51.7 cm³/mol. The first kappa shape index (κ1) is 10.6. The second kappa shape index (κ2) is 3.72. The summed E-state index contributed by atoms with van der Waals surface area (Å²) in [5, 5.41) is 0. The number of hydrogen-bond acceptors (Lipinski definition) is 1. The van der Waals surface area contributed by atoms with Gasteiger partial charge in [-0.05, 0) is 17.7 Å². The molecule has 0 saturated carbocycles. The van der Waals surface area contributed by atoms with E-state index < -0.39 is 12.0 Å². The highest BCUT2D eigenvalue weighted by Crippen LogP contribution is 2.28. The van der Waals surface area contributed by atoms with Gasteiger partial charge in [-0.1, -0.05) is 28.1 Å². The van der Waals surface area contributed by atoms with Crippen molar-refractivity contribution in [3.63, 3.8) is 0 Å². The van der Waals surface area contributed by atoms with E-state index in [1.165, 1.54) is 0 Å². The normalized spacial score (nSPS) is 14.2. The molecule has 0 fully saturated rings. The van der Waals surface area contributed by atoms with Crippen molar-refractivity contribution in [2.75, 3.05) is 0 Å². The topological polar surface area (TPSA) is 26.0 Å². The Morgan fingerprint density at radius 2 is 1.77 bits per heavy atom. The molecular formula is C9H10BrF2N. The van der Waals surface area contributed by atoms with E-state index in [9.17, 15) is 8.78 Å². The third kappa shape index (κ3) is 2.74. The van der Waals surface area contributed by atoms with E-state index in [0.29, 0.717) is 5.56 Å². The van der Waals surface area contributed by atoms with E-state index in [1.807, 2.05) is 0 Å². The first-order chi connectivity index (χ1) is 5.91. The molecule has 0 bridgehead atoms. The fourth-order valence-corrected chi connectivity index (χ4v) is 1.23. The van der Waals surface area contributed by atoms with Gasteiger partial charge in [-0.15, -0.1) is 0 Å². The molecule has 72 valence electrons. The SMILES string of the molecule is CC(F)(F)C(N)c1ccc(Br)cc1. The van der Waals surface area contributed by atoms with E-state index in [2.05, 4.69) is 15.9 Å². The van der Waals surface area contributed by atoms with E-state index in [-0.39, 0.29) is 0 Å². The van der Waals surface area contributed by atoms with Crippen LogP contribution in [0.4, 0.5) is 8.78 Å². The van der Waals surface area contributed by atoms with Gasteiger partial charge >= 0.3 is 0 Å². The summed E-state index contributed by atoms with van der Waals surface area (Å²) in [6.07, 6.45) is 0. The summed E-state index contributed by atoms with van der Waals surface area (Å²) in [7, 11) is 0. The highest BCUT2D eigenvalue weighted by atomic mass is 79.9. The second-order valence-electron chi connectivity index (χ2n) is 2.99. The van der Waals surface area contributed by atoms with Crippen LogP contribution >= 0.6 is 15.9 Å². The molecule has 0 amide bonds. The zero-order chi connectivity index (χ0) is 10.1. The minimum Gasteiger partial charge on any atom is -0.319 e. The van der Waals surface area contributed by atoms with Crippen molar-refractivity contribution in [2.24, 2.45) is 5.73 Å². The lowest BCUT2D eigenvalue weighted by molar-refractivity contribution is -0.00619. The molecule has 13 heavy (non-hydrogen) atoms. The van der Waals surface area contributed by atoms with Crippen LogP contribution in [-0.4, -0.2) is 5.92 Å². The van der Waals surface area contributed by atoms with Crippen molar-refractivity contribution in [1.29, 1.82) is 0 Å². The van der Waals surface area contributed by atoms with Crippen LogP contribution in [0, 0.1) is 0 Å². The molecule has 0 aliphatic rings. The average molecular weight is 250 g/mol.